The minimum atomic E-state index is -0.306. The second kappa shape index (κ2) is 10.6. The molecule has 140 valence electrons. The third-order valence-corrected chi connectivity index (χ3v) is 3.99. The number of hydrogen-bond acceptors (Lipinski definition) is 3. The van der Waals surface area contributed by atoms with Crippen molar-refractivity contribution in [3.63, 3.8) is 0 Å². The Labute approximate surface area is 158 Å². The number of guanidine groups is 1. The summed E-state index contributed by atoms with van der Waals surface area (Å²) >= 11 is 5.78. The van der Waals surface area contributed by atoms with Gasteiger partial charge in [0.1, 0.15) is 22.8 Å². The molecule has 26 heavy (non-hydrogen) atoms. The Kier molecular flexibility index (Phi) is 8.15. The molecule has 0 fully saturated rings. The topological polar surface area (TPSA) is 58.5 Å². The smallest absolute Gasteiger partial charge is 0.191 e. The van der Waals surface area contributed by atoms with Gasteiger partial charge < -0.3 is 15.4 Å². The van der Waals surface area contributed by atoms with Crippen LogP contribution in [-0.2, 0) is 6.42 Å². The molecule has 0 radical (unpaired) electrons. The van der Waals surface area contributed by atoms with Crippen molar-refractivity contribution in [2.45, 2.75) is 25.9 Å². The number of nitrogens with zero attached hydrogens (tertiary/aromatic N) is 2. The van der Waals surface area contributed by atoms with Crippen LogP contribution >= 0.6 is 11.6 Å². The fraction of sp³-hybridized carbons (Fsp3) is 0.368. The molecule has 0 aliphatic rings. The molecule has 7 heteroatoms. The Hall–Kier alpha value is -2.34. The van der Waals surface area contributed by atoms with Gasteiger partial charge >= 0.3 is 0 Å². The van der Waals surface area contributed by atoms with Gasteiger partial charge in [-0.25, -0.2) is 9.37 Å². The summed E-state index contributed by atoms with van der Waals surface area (Å²) in [5.74, 6) is 0.907. The molecule has 0 amide bonds. The Balaban J connectivity index is 1.76. The Morgan fingerprint density at radius 2 is 2.15 bits per heavy atom. The zero-order valence-corrected chi connectivity index (χ0v) is 15.8. The predicted molar refractivity (Wildman–Crippen MR) is 103 cm³/mol. The summed E-state index contributed by atoms with van der Waals surface area (Å²) in [4.78, 5) is 8.27. The number of benzene rings is 1. The van der Waals surface area contributed by atoms with E-state index < -0.39 is 0 Å². The van der Waals surface area contributed by atoms with Gasteiger partial charge in [-0.15, -0.1) is 0 Å². The second-order valence-electron chi connectivity index (χ2n) is 5.72. The van der Waals surface area contributed by atoms with E-state index in [9.17, 15) is 4.39 Å². The molecule has 0 aliphatic heterocycles. The maximum absolute atomic E-state index is 13.3. The average molecular weight is 379 g/mol. The highest BCUT2D eigenvalue weighted by Crippen LogP contribution is 2.14. The molecule has 1 aromatic heterocycles. The SMILES string of the molecule is CCC(CNC(=NC)NCCc1ccc(Cl)nc1)Oc1cccc(F)c1. The number of aromatic nitrogens is 1. The molecule has 0 spiro atoms. The van der Waals surface area contributed by atoms with Gasteiger partial charge in [-0.2, -0.15) is 0 Å². The number of hydrogen-bond donors (Lipinski definition) is 2. The van der Waals surface area contributed by atoms with Crippen molar-refractivity contribution in [2.75, 3.05) is 20.1 Å². The maximum atomic E-state index is 13.3. The van der Waals surface area contributed by atoms with E-state index >= 15 is 0 Å². The van der Waals surface area contributed by atoms with Crippen molar-refractivity contribution in [1.29, 1.82) is 0 Å². The zero-order valence-electron chi connectivity index (χ0n) is 15.0. The molecule has 5 nitrogen and oxygen atoms in total. The van der Waals surface area contributed by atoms with Crippen LogP contribution in [0.4, 0.5) is 4.39 Å². The summed E-state index contributed by atoms with van der Waals surface area (Å²) < 4.78 is 19.1. The van der Waals surface area contributed by atoms with E-state index in [1.807, 2.05) is 13.0 Å². The predicted octanol–water partition coefficient (Wildman–Crippen LogP) is 3.44. The molecule has 0 saturated carbocycles. The number of aliphatic imine (C=N–C) groups is 1. The molecule has 2 rings (SSSR count). The number of rotatable bonds is 8. The summed E-state index contributed by atoms with van der Waals surface area (Å²) in [7, 11) is 1.72. The van der Waals surface area contributed by atoms with Crippen molar-refractivity contribution in [2.24, 2.45) is 4.99 Å². The van der Waals surface area contributed by atoms with Crippen LogP contribution in [0.3, 0.4) is 0 Å². The molecule has 1 atom stereocenters. The standard InChI is InChI=1S/C19H24ClFN4O/c1-3-16(26-17-6-4-5-15(21)11-17)13-25-19(22-2)23-10-9-14-7-8-18(20)24-12-14/h4-8,11-12,16H,3,9-10,13H2,1-2H3,(H2,22,23,25). The fourth-order valence-electron chi connectivity index (χ4n) is 2.31. The third kappa shape index (κ3) is 6.88. The number of ether oxygens (including phenoxy) is 1. The first-order valence-corrected chi connectivity index (χ1v) is 8.95. The van der Waals surface area contributed by atoms with E-state index in [2.05, 4.69) is 20.6 Å². The monoisotopic (exact) mass is 378 g/mol. The normalized spacial score (nSPS) is 12.5. The Morgan fingerprint density at radius 1 is 1.31 bits per heavy atom. The van der Waals surface area contributed by atoms with E-state index in [1.54, 1.807) is 31.4 Å². The van der Waals surface area contributed by atoms with Gasteiger partial charge in [-0.1, -0.05) is 30.7 Å². The summed E-state index contributed by atoms with van der Waals surface area (Å²) in [5.41, 5.74) is 1.10. The van der Waals surface area contributed by atoms with Crippen molar-refractivity contribution >= 4 is 17.6 Å². The number of pyridine rings is 1. The van der Waals surface area contributed by atoms with Crippen LogP contribution in [0.1, 0.15) is 18.9 Å². The summed E-state index contributed by atoms with van der Waals surface area (Å²) in [6.07, 6.45) is 3.27. The van der Waals surface area contributed by atoms with E-state index in [4.69, 9.17) is 16.3 Å². The highest BCUT2D eigenvalue weighted by atomic mass is 35.5. The maximum Gasteiger partial charge on any atom is 0.191 e. The van der Waals surface area contributed by atoms with Gasteiger partial charge in [0.05, 0.1) is 6.54 Å². The van der Waals surface area contributed by atoms with Gasteiger partial charge in [0.15, 0.2) is 5.96 Å². The van der Waals surface area contributed by atoms with Crippen LogP contribution in [0.2, 0.25) is 5.15 Å². The molecule has 2 aromatic rings. The third-order valence-electron chi connectivity index (χ3n) is 3.77. The molecule has 1 heterocycles. The first kappa shape index (κ1) is 20.0. The second-order valence-corrected chi connectivity index (χ2v) is 6.11. The van der Waals surface area contributed by atoms with Gasteiger partial charge in [0.25, 0.3) is 0 Å². The van der Waals surface area contributed by atoms with E-state index in [0.29, 0.717) is 30.0 Å². The molecule has 0 saturated heterocycles. The molecule has 0 aliphatic carbocycles. The Morgan fingerprint density at radius 3 is 2.81 bits per heavy atom. The largest absolute Gasteiger partial charge is 0.489 e. The first-order chi connectivity index (χ1) is 12.6. The minimum Gasteiger partial charge on any atom is -0.489 e. The van der Waals surface area contributed by atoms with Crippen LogP contribution in [0.25, 0.3) is 0 Å². The van der Waals surface area contributed by atoms with Gasteiger partial charge in [-0.3, -0.25) is 4.99 Å². The molecule has 1 unspecified atom stereocenters. The molecular formula is C19H24ClFN4O. The summed E-state index contributed by atoms with van der Waals surface area (Å²) in [6.45, 7) is 3.30. The molecular weight excluding hydrogens is 355 g/mol. The van der Waals surface area contributed by atoms with Gasteiger partial charge in [0, 0.05) is 25.9 Å². The van der Waals surface area contributed by atoms with Crippen molar-refractivity contribution in [3.05, 3.63) is 59.1 Å². The summed E-state index contributed by atoms with van der Waals surface area (Å²) in [5, 5.41) is 6.97. The quantitative estimate of drug-likeness (QED) is 0.419. The lowest BCUT2D eigenvalue weighted by Crippen LogP contribution is -2.43. The lowest BCUT2D eigenvalue weighted by molar-refractivity contribution is 0.199. The highest BCUT2D eigenvalue weighted by molar-refractivity contribution is 6.29. The van der Waals surface area contributed by atoms with Crippen molar-refractivity contribution in [1.82, 2.24) is 15.6 Å². The molecule has 2 N–H and O–H groups in total. The van der Waals surface area contributed by atoms with Crippen LogP contribution < -0.4 is 15.4 Å². The molecule has 0 bridgehead atoms. The lowest BCUT2D eigenvalue weighted by atomic mass is 10.2. The zero-order chi connectivity index (χ0) is 18.8. The van der Waals surface area contributed by atoms with E-state index in [1.165, 1.54) is 12.1 Å². The van der Waals surface area contributed by atoms with Crippen LogP contribution in [0.15, 0.2) is 47.6 Å². The van der Waals surface area contributed by atoms with Crippen LogP contribution in [0, 0.1) is 5.82 Å². The fourth-order valence-corrected chi connectivity index (χ4v) is 2.42. The van der Waals surface area contributed by atoms with Crippen LogP contribution in [-0.4, -0.2) is 37.2 Å². The minimum absolute atomic E-state index is 0.0872. The van der Waals surface area contributed by atoms with E-state index in [-0.39, 0.29) is 11.9 Å². The van der Waals surface area contributed by atoms with E-state index in [0.717, 1.165) is 18.4 Å². The molecule has 1 aromatic carbocycles. The summed E-state index contributed by atoms with van der Waals surface area (Å²) in [6, 6.07) is 9.90. The average Bonchev–Trinajstić information content (AvgIpc) is 2.65. The van der Waals surface area contributed by atoms with Crippen LogP contribution in [0.5, 0.6) is 5.75 Å². The lowest BCUT2D eigenvalue weighted by Gasteiger charge is -2.20. The van der Waals surface area contributed by atoms with Gasteiger partial charge in [-0.05, 0) is 36.6 Å². The Bertz CT molecular complexity index is 709. The number of halogens is 2. The first-order valence-electron chi connectivity index (χ1n) is 8.58. The number of nitrogens with one attached hydrogen (secondary N) is 2. The van der Waals surface area contributed by atoms with Crippen molar-refractivity contribution in [3.8, 4) is 5.75 Å². The van der Waals surface area contributed by atoms with Gasteiger partial charge in [0.2, 0.25) is 0 Å². The highest BCUT2D eigenvalue weighted by Gasteiger charge is 2.10. The van der Waals surface area contributed by atoms with Crippen molar-refractivity contribution < 1.29 is 9.13 Å².